The average molecular weight is 432 g/mol. The lowest BCUT2D eigenvalue weighted by molar-refractivity contribution is 0.129. The Kier molecular flexibility index (Phi) is 9.88. The zero-order chi connectivity index (χ0) is 22.3. The van der Waals surface area contributed by atoms with Crippen molar-refractivity contribution in [2.24, 2.45) is 5.92 Å². The van der Waals surface area contributed by atoms with Crippen molar-refractivity contribution in [3.8, 4) is 11.5 Å². The van der Waals surface area contributed by atoms with Crippen LogP contribution in [0.4, 0.5) is 0 Å². The molecule has 0 bridgehead atoms. The molecule has 0 aromatic heterocycles. The Morgan fingerprint density at radius 3 is 2.10 bits per heavy atom. The molecule has 0 spiro atoms. The summed E-state index contributed by atoms with van der Waals surface area (Å²) in [5.41, 5.74) is 4.95. The van der Waals surface area contributed by atoms with Crippen LogP contribution in [0.1, 0.15) is 53.0 Å². The van der Waals surface area contributed by atoms with E-state index >= 15 is 0 Å². The summed E-state index contributed by atoms with van der Waals surface area (Å²) in [7, 11) is -3.26. The Bertz CT molecular complexity index is 662. The molecule has 3 unspecified atom stereocenters. The van der Waals surface area contributed by atoms with Gasteiger partial charge in [-0.05, 0) is 37.0 Å². The SMILES string of the molecule is CCCC(C#C[Si](C)(C)C)C(NCc1ccccc1)C(C)O[Si](C)(C)C(C)(C)C. The Labute approximate surface area is 183 Å². The first-order chi connectivity index (χ1) is 13.3. The molecule has 2 nitrogen and oxygen atoms in total. The molecule has 0 saturated carbocycles. The van der Waals surface area contributed by atoms with Gasteiger partial charge in [0.2, 0.25) is 0 Å². The Balaban J connectivity index is 3.14. The van der Waals surface area contributed by atoms with Crippen molar-refractivity contribution >= 4 is 16.4 Å². The maximum Gasteiger partial charge on any atom is 0.192 e. The van der Waals surface area contributed by atoms with Gasteiger partial charge >= 0.3 is 0 Å². The van der Waals surface area contributed by atoms with Crippen molar-refractivity contribution in [1.82, 2.24) is 5.32 Å². The van der Waals surface area contributed by atoms with Crippen molar-refractivity contribution in [2.75, 3.05) is 0 Å². The molecule has 3 atom stereocenters. The minimum absolute atomic E-state index is 0.132. The topological polar surface area (TPSA) is 21.3 Å². The average Bonchev–Trinajstić information content (AvgIpc) is 2.58. The molecule has 0 heterocycles. The van der Waals surface area contributed by atoms with E-state index in [1.54, 1.807) is 0 Å². The quantitative estimate of drug-likeness (QED) is 0.341. The van der Waals surface area contributed by atoms with E-state index in [-0.39, 0.29) is 17.2 Å². The summed E-state index contributed by atoms with van der Waals surface area (Å²) in [5.74, 6) is 4.00. The van der Waals surface area contributed by atoms with Gasteiger partial charge in [0.1, 0.15) is 8.07 Å². The molecule has 29 heavy (non-hydrogen) atoms. The number of benzene rings is 1. The summed E-state index contributed by atoms with van der Waals surface area (Å²) < 4.78 is 6.83. The van der Waals surface area contributed by atoms with Gasteiger partial charge in [-0.2, -0.15) is 0 Å². The summed E-state index contributed by atoms with van der Waals surface area (Å²) in [4.78, 5) is 0. The molecule has 0 amide bonds. The monoisotopic (exact) mass is 431 g/mol. The van der Waals surface area contributed by atoms with Gasteiger partial charge in [0, 0.05) is 18.5 Å². The zero-order valence-electron chi connectivity index (χ0n) is 20.6. The van der Waals surface area contributed by atoms with Gasteiger partial charge in [0.05, 0.1) is 6.10 Å². The second-order valence-corrected chi connectivity index (χ2v) is 20.4. The van der Waals surface area contributed by atoms with Crippen molar-refractivity contribution in [2.45, 2.75) is 104 Å². The van der Waals surface area contributed by atoms with E-state index in [0.29, 0.717) is 5.92 Å². The first-order valence-electron chi connectivity index (χ1n) is 11.2. The van der Waals surface area contributed by atoms with E-state index in [1.165, 1.54) is 5.56 Å². The first kappa shape index (κ1) is 26.2. The summed E-state index contributed by atoms with van der Waals surface area (Å²) in [6.45, 7) is 24.0. The molecule has 1 N–H and O–H groups in total. The molecule has 0 saturated heterocycles. The molecule has 1 aromatic rings. The minimum Gasteiger partial charge on any atom is -0.413 e. The van der Waals surface area contributed by atoms with E-state index < -0.39 is 16.4 Å². The molecule has 0 radical (unpaired) electrons. The lowest BCUT2D eigenvalue weighted by atomic mass is 9.92. The fraction of sp³-hybridized carbons (Fsp3) is 0.680. The molecule has 1 aromatic carbocycles. The third-order valence-corrected chi connectivity index (χ3v) is 11.3. The van der Waals surface area contributed by atoms with Crippen molar-refractivity contribution in [3.63, 3.8) is 0 Å². The Morgan fingerprint density at radius 2 is 1.62 bits per heavy atom. The molecule has 4 heteroatoms. The van der Waals surface area contributed by atoms with E-state index in [9.17, 15) is 0 Å². The molecule has 164 valence electrons. The summed E-state index contributed by atoms with van der Waals surface area (Å²) >= 11 is 0. The maximum atomic E-state index is 6.83. The second-order valence-electron chi connectivity index (χ2n) is 10.9. The second kappa shape index (κ2) is 11.0. The van der Waals surface area contributed by atoms with Gasteiger partial charge in [0.25, 0.3) is 0 Å². The predicted molar refractivity (Wildman–Crippen MR) is 134 cm³/mol. The normalized spacial score (nSPS) is 15.9. The molecule has 0 aliphatic rings. The highest BCUT2D eigenvalue weighted by Crippen LogP contribution is 2.38. The molecule has 0 aliphatic carbocycles. The fourth-order valence-electron chi connectivity index (χ4n) is 3.14. The predicted octanol–water partition coefficient (Wildman–Crippen LogP) is 6.85. The number of hydrogen-bond acceptors (Lipinski definition) is 2. The van der Waals surface area contributed by atoms with Crippen LogP contribution in [-0.4, -0.2) is 28.5 Å². The van der Waals surface area contributed by atoms with E-state index in [4.69, 9.17) is 4.43 Å². The van der Waals surface area contributed by atoms with Crippen LogP contribution in [0.3, 0.4) is 0 Å². The third-order valence-electron chi connectivity index (χ3n) is 5.84. The molecular formula is C25H45NOSi2. The highest BCUT2D eigenvalue weighted by molar-refractivity contribution is 6.83. The number of nitrogens with one attached hydrogen (secondary N) is 1. The largest absolute Gasteiger partial charge is 0.413 e. The van der Waals surface area contributed by atoms with Gasteiger partial charge in [-0.3, -0.25) is 0 Å². The van der Waals surface area contributed by atoms with Gasteiger partial charge in [-0.25, -0.2) is 0 Å². The number of rotatable bonds is 9. The highest BCUT2D eigenvalue weighted by atomic mass is 28.4. The Hall–Kier alpha value is -0.866. The van der Waals surface area contributed by atoms with Crippen molar-refractivity contribution < 1.29 is 4.43 Å². The third kappa shape index (κ3) is 9.21. The summed E-state index contributed by atoms with van der Waals surface area (Å²) in [5, 5.41) is 4.05. The van der Waals surface area contributed by atoms with Crippen LogP contribution in [0, 0.1) is 17.4 Å². The Morgan fingerprint density at radius 1 is 1.03 bits per heavy atom. The van der Waals surface area contributed by atoms with E-state index in [2.05, 4.69) is 114 Å². The van der Waals surface area contributed by atoms with Crippen LogP contribution in [-0.2, 0) is 11.0 Å². The smallest absolute Gasteiger partial charge is 0.192 e. The summed E-state index contributed by atoms with van der Waals surface area (Å²) in [6, 6.07) is 10.9. The van der Waals surface area contributed by atoms with Gasteiger partial charge in [-0.15, -0.1) is 11.5 Å². The van der Waals surface area contributed by atoms with E-state index in [0.717, 1.165) is 19.4 Å². The highest BCUT2D eigenvalue weighted by Gasteiger charge is 2.40. The lowest BCUT2D eigenvalue weighted by Crippen LogP contribution is -2.51. The van der Waals surface area contributed by atoms with Crippen LogP contribution in [0.25, 0.3) is 0 Å². The van der Waals surface area contributed by atoms with Crippen LogP contribution < -0.4 is 5.32 Å². The van der Waals surface area contributed by atoms with Gasteiger partial charge in [-0.1, -0.05) is 84.1 Å². The van der Waals surface area contributed by atoms with Crippen molar-refractivity contribution in [1.29, 1.82) is 0 Å². The molecule has 0 fully saturated rings. The maximum absolute atomic E-state index is 6.83. The van der Waals surface area contributed by atoms with Gasteiger partial charge < -0.3 is 9.74 Å². The van der Waals surface area contributed by atoms with E-state index in [1.807, 2.05) is 0 Å². The van der Waals surface area contributed by atoms with Crippen molar-refractivity contribution in [3.05, 3.63) is 35.9 Å². The fourth-order valence-corrected chi connectivity index (χ4v) is 5.19. The zero-order valence-corrected chi connectivity index (χ0v) is 22.6. The minimum atomic E-state index is -1.85. The summed E-state index contributed by atoms with van der Waals surface area (Å²) in [6.07, 6.45) is 2.38. The molecular weight excluding hydrogens is 386 g/mol. The first-order valence-corrected chi connectivity index (χ1v) is 17.7. The van der Waals surface area contributed by atoms with Crippen LogP contribution in [0.2, 0.25) is 37.8 Å². The van der Waals surface area contributed by atoms with Crippen LogP contribution >= 0.6 is 0 Å². The van der Waals surface area contributed by atoms with Crippen LogP contribution in [0.5, 0.6) is 0 Å². The standard InChI is InChI=1S/C25H45NOSi2/c1-11-15-23(18-19-28(6,7)8)24(26-20-22-16-13-12-14-17-22)21(2)27-29(9,10)25(3,4)5/h12-14,16-17,21,23-24,26H,11,15,20H2,1-10H3. The van der Waals surface area contributed by atoms with Gasteiger partial charge in [0.15, 0.2) is 8.32 Å². The van der Waals surface area contributed by atoms with Crippen LogP contribution in [0.15, 0.2) is 30.3 Å². The number of hydrogen-bond donors (Lipinski definition) is 1. The molecule has 1 rings (SSSR count). The lowest BCUT2D eigenvalue weighted by Gasteiger charge is -2.41. The molecule has 0 aliphatic heterocycles.